The Bertz CT molecular complexity index is 582. The van der Waals surface area contributed by atoms with Crippen LogP contribution in [0.1, 0.15) is 0 Å². The van der Waals surface area contributed by atoms with E-state index in [2.05, 4.69) is 0 Å². The third-order valence-corrected chi connectivity index (χ3v) is 5.81. The molecule has 2 heterocycles. The topological polar surface area (TPSA) is 86.7 Å². The van der Waals surface area contributed by atoms with Crippen molar-refractivity contribution in [1.29, 1.82) is 0 Å². The molecule has 0 aromatic heterocycles. The number of hydrogen-bond acceptors (Lipinski definition) is 6. The van der Waals surface area contributed by atoms with E-state index in [0.717, 1.165) is 0 Å². The van der Waals surface area contributed by atoms with Gasteiger partial charge in [0.05, 0.1) is 23.7 Å². The highest BCUT2D eigenvalue weighted by Crippen LogP contribution is 2.67. The molecule has 6 nitrogen and oxygen atoms in total. The van der Waals surface area contributed by atoms with E-state index < -0.39 is 47.5 Å². The molecule has 102 valence electrons. The minimum atomic E-state index is -0.487. The Morgan fingerprint density at radius 2 is 0.950 bits per heavy atom. The molecule has 0 N–H and O–H groups in total. The molecule has 0 spiro atoms. The van der Waals surface area contributed by atoms with Gasteiger partial charge < -0.3 is 9.47 Å². The van der Waals surface area contributed by atoms with E-state index in [0.29, 0.717) is 0 Å². The summed E-state index contributed by atoms with van der Waals surface area (Å²) in [5, 5.41) is 0. The normalized spacial score (nSPS) is 54.0. The van der Waals surface area contributed by atoms with Crippen LogP contribution in [0.25, 0.3) is 0 Å². The van der Waals surface area contributed by atoms with Crippen LogP contribution >= 0.6 is 0 Å². The molecule has 8 atom stereocenters. The summed E-state index contributed by atoms with van der Waals surface area (Å²) >= 11 is 0. The van der Waals surface area contributed by atoms with Crippen molar-refractivity contribution in [2.45, 2.75) is 0 Å². The molecule has 20 heavy (non-hydrogen) atoms. The average molecular weight is 274 g/mol. The first kappa shape index (κ1) is 10.8. The summed E-state index contributed by atoms with van der Waals surface area (Å²) in [7, 11) is 0. The van der Waals surface area contributed by atoms with Crippen LogP contribution in [0.4, 0.5) is 0 Å². The van der Waals surface area contributed by atoms with Gasteiger partial charge in [0.25, 0.3) is 0 Å². The van der Waals surface area contributed by atoms with E-state index in [1.807, 2.05) is 12.2 Å². The van der Waals surface area contributed by atoms with Gasteiger partial charge in [-0.25, -0.2) is 0 Å². The second kappa shape index (κ2) is 3.02. The Hall–Kier alpha value is -1.98. The summed E-state index contributed by atoms with van der Waals surface area (Å²) in [5.74, 6) is -4.26. The fourth-order valence-corrected chi connectivity index (χ4v) is 5.20. The molecule has 2 bridgehead atoms. The molecular formula is C14H10O6. The summed E-state index contributed by atoms with van der Waals surface area (Å²) in [6.45, 7) is 0. The number of esters is 4. The van der Waals surface area contributed by atoms with Gasteiger partial charge in [-0.15, -0.1) is 0 Å². The SMILES string of the molecule is O=C1OC(=O)[C@H]2[C@H]3C=C[C@@H]([C@@H]12)[C@@H]1[C@H]2C(=O)OC(=O)[C@H]2[C@H]31. The standard InChI is InChI=1S/C14H10O6/c15-11-7-3-1-2-4(8(7)12(16)19-11)6-5(3)9-10(6)14(18)20-13(9)17/h1-10H/t3-,4+,5+,6-,7-,8+,9-,10+. The fraction of sp³-hybridized carbons (Fsp3) is 0.571. The maximum absolute atomic E-state index is 11.9. The number of fused-ring (bicyclic) bond motifs is 1. The molecule has 2 saturated carbocycles. The van der Waals surface area contributed by atoms with Crippen molar-refractivity contribution in [3.05, 3.63) is 12.2 Å². The van der Waals surface area contributed by atoms with Crippen LogP contribution in [0.15, 0.2) is 12.2 Å². The van der Waals surface area contributed by atoms with Crippen LogP contribution in [0.2, 0.25) is 0 Å². The first-order valence-electron chi connectivity index (χ1n) is 6.79. The van der Waals surface area contributed by atoms with Crippen LogP contribution in [0.5, 0.6) is 0 Å². The van der Waals surface area contributed by atoms with Gasteiger partial charge in [-0.1, -0.05) is 12.2 Å². The van der Waals surface area contributed by atoms with Crippen LogP contribution in [-0.4, -0.2) is 23.9 Å². The van der Waals surface area contributed by atoms with Crippen molar-refractivity contribution in [2.75, 3.05) is 0 Å². The van der Waals surface area contributed by atoms with Crippen molar-refractivity contribution in [3.8, 4) is 0 Å². The van der Waals surface area contributed by atoms with E-state index in [1.54, 1.807) is 0 Å². The molecule has 6 heteroatoms. The van der Waals surface area contributed by atoms with E-state index in [4.69, 9.17) is 9.47 Å². The Morgan fingerprint density at radius 1 is 0.600 bits per heavy atom. The lowest BCUT2D eigenvalue weighted by atomic mass is 9.40. The zero-order valence-corrected chi connectivity index (χ0v) is 10.2. The largest absolute Gasteiger partial charge is 0.393 e. The zero-order chi connectivity index (χ0) is 13.8. The molecular weight excluding hydrogens is 264 g/mol. The number of allylic oxidation sites excluding steroid dienone is 2. The minimum absolute atomic E-state index is 0.0614. The molecule has 4 aliphatic carbocycles. The molecule has 4 fully saturated rings. The van der Waals surface area contributed by atoms with Crippen molar-refractivity contribution >= 4 is 23.9 Å². The first-order chi connectivity index (χ1) is 9.59. The van der Waals surface area contributed by atoms with Gasteiger partial charge in [-0.2, -0.15) is 0 Å². The lowest BCUT2D eigenvalue weighted by Gasteiger charge is -2.59. The van der Waals surface area contributed by atoms with Gasteiger partial charge in [0.1, 0.15) is 0 Å². The minimum Gasteiger partial charge on any atom is -0.393 e. The third kappa shape index (κ3) is 0.910. The van der Waals surface area contributed by atoms with Crippen LogP contribution in [0.3, 0.4) is 0 Å². The third-order valence-electron chi connectivity index (χ3n) is 5.81. The van der Waals surface area contributed by atoms with Gasteiger partial charge in [0.15, 0.2) is 0 Å². The van der Waals surface area contributed by atoms with Gasteiger partial charge in [0.2, 0.25) is 0 Å². The van der Waals surface area contributed by atoms with Crippen molar-refractivity contribution in [2.24, 2.45) is 47.3 Å². The molecule has 0 radical (unpaired) electrons. The quantitative estimate of drug-likeness (QED) is 0.342. The summed E-state index contributed by atoms with van der Waals surface area (Å²) in [4.78, 5) is 47.3. The Labute approximate surface area is 113 Å². The highest BCUT2D eigenvalue weighted by Gasteiger charge is 2.74. The van der Waals surface area contributed by atoms with Crippen molar-refractivity contribution < 1.29 is 28.7 Å². The van der Waals surface area contributed by atoms with Crippen molar-refractivity contribution in [1.82, 2.24) is 0 Å². The summed E-state index contributed by atoms with van der Waals surface area (Å²) in [5.41, 5.74) is 0. The monoisotopic (exact) mass is 274 g/mol. The molecule has 0 unspecified atom stereocenters. The predicted molar refractivity (Wildman–Crippen MR) is 59.3 cm³/mol. The number of ether oxygens (including phenoxy) is 2. The number of rotatable bonds is 0. The fourth-order valence-electron chi connectivity index (χ4n) is 5.20. The summed E-state index contributed by atoms with van der Waals surface area (Å²) in [6.07, 6.45) is 3.83. The van der Waals surface area contributed by atoms with Crippen LogP contribution in [-0.2, 0) is 28.7 Å². The zero-order valence-electron chi connectivity index (χ0n) is 10.2. The van der Waals surface area contributed by atoms with Gasteiger partial charge in [0, 0.05) is 0 Å². The Balaban J connectivity index is 1.63. The maximum Gasteiger partial charge on any atom is 0.318 e. The Kier molecular flexibility index (Phi) is 1.63. The number of hydrogen-bond donors (Lipinski definition) is 0. The molecule has 0 aromatic rings. The average Bonchev–Trinajstić information content (AvgIpc) is 2.78. The highest BCUT2D eigenvalue weighted by atomic mass is 16.6. The molecule has 6 rings (SSSR count). The van der Waals surface area contributed by atoms with Crippen LogP contribution < -0.4 is 0 Å². The highest BCUT2D eigenvalue weighted by molar-refractivity contribution is 6.01. The van der Waals surface area contributed by atoms with Gasteiger partial charge in [-0.05, 0) is 23.7 Å². The smallest absolute Gasteiger partial charge is 0.318 e. The van der Waals surface area contributed by atoms with E-state index in [-0.39, 0.29) is 23.7 Å². The van der Waals surface area contributed by atoms with E-state index in [1.165, 1.54) is 0 Å². The van der Waals surface area contributed by atoms with E-state index >= 15 is 0 Å². The second-order valence-electron chi connectivity index (χ2n) is 6.28. The van der Waals surface area contributed by atoms with Crippen LogP contribution in [0, 0.1) is 47.3 Å². The number of carbonyl (C=O) groups is 4. The maximum atomic E-state index is 11.9. The van der Waals surface area contributed by atoms with E-state index in [9.17, 15) is 19.2 Å². The Morgan fingerprint density at radius 3 is 1.35 bits per heavy atom. The van der Waals surface area contributed by atoms with Gasteiger partial charge in [-0.3, -0.25) is 19.2 Å². The summed E-state index contributed by atoms with van der Waals surface area (Å²) < 4.78 is 9.50. The van der Waals surface area contributed by atoms with Gasteiger partial charge >= 0.3 is 23.9 Å². The molecule has 2 saturated heterocycles. The number of cyclic esters (lactones) is 4. The lowest BCUT2D eigenvalue weighted by Crippen LogP contribution is -2.63. The molecule has 0 aromatic carbocycles. The summed E-state index contributed by atoms with van der Waals surface area (Å²) in [6, 6.07) is 0. The molecule has 2 aliphatic heterocycles. The number of carbonyl (C=O) groups excluding carboxylic acids is 4. The predicted octanol–water partition coefficient (Wildman–Crippen LogP) is -0.320. The molecule has 6 aliphatic rings. The second-order valence-corrected chi connectivity index (χ2v) is 6.28. The molecule has 0 amide bonds. The first-order valence-corrected chi connectivity index (χ1v) is 6.79. The lowest BCUT2D eigenvalue weighted by molar-refractivity contribution is -0.166. The van der Waals surface area contributed by atoms with Crippen molar-refractivity contribution in [3.63, 3.8) is 0 Å².